The highest BCUT2D eigenvalue weighted by Crippen LogP contribution is 2.32. The fourth-order valence-corrected chi connectivity index (χ4v) is 1.82. The lowest BCUT2D eigenvalue weighted by atomic mass is 10.2. The van der Waals surface area contributed by atoms with E-state index in [-0.39, 0.29) is 17.3 Å². The van der Waals surface area contributed by atoms with Crippen molar-refractivity contribution in [2.45, 2.75) is 6.92 Å². The lowest BCUT2D eigenvalue weighted by Crippen LogP contribution is -2.14. The van der Waals surface area contributed by atoms with E-state index in [1.54, 1.807) is 19.0 Å². The van der Waals surface area contributed by atoms with E-state index in [1.807, 2.05) is 31.2 Å². The van der Waals surface area contributed by atoms with Gasteiger partial charge in [-0.2, -0.15) is 0 Å². The summed E-state index contributed by atoms with van der Waals surface area (Å²) in [5.41, 5.74) is 1.66. The van der Waals surface area contributed by atoms with Crippen molar-refractivity contribution in [2.24, 2.45) is 0 Å². The first-order valence-electron chi connectivity index (χ1n) is 5.99. The molecule has 0 saturated carbocycles. The smallest absolute Gasteiger partial charge is 0.353 e. The molecule has 2 aromatic rings. The Morgan fingerprint density at radius 1 is 1.30 bits per heavy atom. The molecular weight excluding hydrogens is 258 g/mol. The monoisotopic (exact) mass is 273 g/mol. The first-order valence-corrected chi connectivity index (χ1v) is 5.99. The van der Waals surface area contributed by atoms with Gasteiger partial charge < -0.3 is 10.2 Å². The fourth-order valence-electron chi connectivity index (χ4n) is 1.82. The van der Waals surface area contributed by atoms with Gasteiger partial charge in [0.2, 0.25) is 11.6 Å². The zero-order chi connectivity index (χ0) is 14.7. The SMILES string of the molecule is Cc1cccc(Nc2ncnc(N(C)C)c2[N+](=O)[O-])c1. The van der Waals surface area contributed by atoms with Crippen molar-refractivity contribution in [1.82, 2.24) is 9.97 Å². The summed E-state index contributed by atoms with van der Waals surface area (Å²) in [4.78, 5) is 20.3. The van der Waals surface area contributed by atoms with Gasteiger partial charge in [-0.25, -0.2) is 9.97 Å². The maximum Gasteiger partial charge on any atom is 0.353 e. The van der Waals surface area contributed by atoms with E-state index >= 15 is 0 Å². The topological polar surface area (TPSA) is 84.2 Å². The fraction of sp³-hybridized carbons (Fsp3) is 0.231. The lowest BCUT2D eigenvalue weighted by molar-refractivity contribution is -0.383. The number of nitrogens with zero attached hydrogens (tertiary/aromatic N) is 4. The van der Waals surface area contributed by atoms with Crippen molar-refractivity contribution in [2.75, 3.05) is 24.3 Å². The van der Waals surface area contributed by atoms with Gasteiger partial charge in [0.1, 0.15) is 6.33 Å². The molecule has 0 radical (unpaired) electrons. The van der Waals surface area contributed by atoms with Crippen LogP contribution in [0, 0.1) is 17.0 Å². The van der Waals surface area contributed by atoms with Crippen LogP contribution in [0.2, 0.25) is 0 Å². The van der Waals surface area contributed by atoms with Gasteiger partial charge >= 0.3 is 5.69 Å². The zero-order valence-electron chi connectivity index (χ0n) is 11.5. The molecule has 0 spiro atoms. The number of hydrogen-bond donors (Lipinski definition) is 1. The quantitative estimate of drug-likeness (QED) is 0.680. The largest absolute Gasteiger partial charge is 0.357 e. The molecule has 0 amide bonds. The number of nitrogens with one attached hydrogen (secondary N) is 1. The summed E-state index contributed by atoms with van der Waals surface area (Å²) in [6.45, 7) is 1.95. The summed E-state index contributed by atoms with van der Waals surface area (Å²) in [6.07, 6.45) is 1.31. The van der Waals surface area contributed by atoms with Gasteiger partial charge in [0, 0.05) is 19.8 Å². The number of benzene rings is 1. The van der Waals surface area contributed by atoms with Gasteiger partial charge in [-0.05, 0) is 24.6 Å². The van der Waals surface area contributed by atoms with E-state index in [4.69, 9.17) is 0 Å². The molecule has 1 heterocycles. The molecule has 1 aromatic carbocycles. The minimum Gasteiger partial charge on any atom is -0.357 e. The van der Waals surface area contributed by atoms with Gasteiger partial charge in [0.15, 0.2) is 0 Å². The lowest BCUT2D eigenvalue weighted by Gasteiger charge is -2.13. The Labute approximate surface area is 116 Å². The first kappa shape index (κ1) is 13.7. The van der Waals surface area contributed by atoms with E-state index in [2.05, 4.69) is 15.3 Å². The van der Waals surface area contributed by atoms with Crippen LogP contribution in [0.4, 0.5) is 23.0 Å². The third kappa shape index (κ3) is 2.82. The second kappa shape index (κ2) is 5.52. The summed E-state index contributed by atoms with van der Waals surface area (Å²) in [7, 11) is 3.40. The molecular formula is C13H15N5O2. The molecule has 0 aliphatic rings. The standard InChI is InChI=1S/C13H15N5O2/c1-9-5-4-6-10(7-9)16-12-11(18(19)20)13(17(2)3)15-8-14-12/h4-8H,1-3H3,(H,14,15,16). The van der Waals surface area contributed by atoms with Gasteiger partial charge in [-0.15, -0.1) is 0 Å². The van der Waals surface area contributed by atoms with Crippen molar-refractivity contribution < 1.29 is 4.92 Å². The highest BCUT2D eigenvalue weighted by atomic mass is 16.6. The minimum absolute atomic E-state index is 0.140. The number of hydrogen-bond acceptors (Lipinski definition) is 6. The van der Waals surface area contributed by atoms with Crippen molar-refractivity contribution in [1.29, 1.82) is 0 Å². The van der Waals surface area contributed by atoms with Crippen LogP contribution in [-0.2, 0) is 0 Å². The van der Waals surface area contributed by atoms with Crippen molar-refractivity contribution in [3.8, 4) is 0 Å². The molecule has 0 fully saturated rings. The molecule has 1 N–H and O–H groups in total. The molecule has 104 valence electrons. The molecule has 7 nitrogen and oxygen atoms in total. The van der Waals surface area contributed by atoms with Gasteiger partial charge in [-0.3, -0.25) is 10.1 Å². The van der Waals surface area contributed by atoms with Crippen LogP contribution in [0.15, 0.2) is 30.6 Å². The molecule has 1 aromatic heterocycles. The zero-order valence-corrected chi connectivity index (χ0v) is 11.5. The normalized spacial score (nSPS) is 10.2. The predicted molar refractivity (Wildman–Crippen MR) is 77.5 cm³/mol. The average molecular weight is 273 g/mol. The van der Waals surface area contributed by atoms with Gasteiger partial charge in [0.25, 0.3) is 0 Å². The second-order valence-electron chi connectivity index (χ2n) is 4.54. The molecule has 0 unspecified atom stereocenters. The first-order chi connectivity index (χ1) is 9.49. The Morgan fingerprint density at radius 2 is 2.05 bits per heavy atom. The molecule has 0 atom stereocenters. The van der Waals surface area contributed by atoms with Crippen LogP contribution < -0.4 is 10.2 Å². The number of anilines is 3. The second-order valence-corrected chi connectivity index (χ2v) is 4.54. The van der Waals surface area contributed by atoms with Crippen molar-refractivity contribution >= 4 is 23.0 Å². The number of rotatable bonds is 4. The van der Waals surface area contributed by atoms with Crippen LogP contribution in [0.25, 0.3) is 0 Å². The van der Waals surface area contributed by atoms with Crippen LogP contribution in [-0.4, -0.2) is 29.0 Å². The summed E-state index contributed by atoms with van der Waals surface area (Å²) < 4.78 is 0. The Bertz CT molecular complexity index is 642. The van der Waals surface area contributed by atoms with Gasteiger partial charge in [0.05, 0.1) is 4.92 Å². The van der Waals surface area contributed by atoms with E-state index in [0.29, 0.717) is 0 Å². The van der Waals surface area contributed by atoms with Crippen LogP contribution >= 0.6 is 0 Å². The van der Waals surface area contributed by atoms with Crippen LogP contribution in [0.5, 0.6) is 0 Å². The molecule has 20 heavy (non-hydrogen) atoms. The molecule has 0 aliphatic carbocycles. The van der Waals surface area contributed by atoms with E-state index in [1.165, 1.54) is 6.33 Å². The van der Waals surface area contributed by atoms with Crippen molar-refractivity contribution in [3.63, 3.8) is 0 Å². The van der Waals surface area contributed by atoms with Crippen molar-refractivity contribution in [3.05, 3.63) is 46.3 Å². The third-order valence-electron chi connectivity index (χ3n) is 2.69. The molecule has 7 heteroatoms. The Kier molecular flexibility index (Phi) is 3.79. The summed E-state index contributed by atoms with van der Waals surface area (Å²) in [5, 5.41) is 14.2. The highest BCUT2D eigenvalue weighted by Gasteiger charge is 2.24. The summed E-state index contributed by atoms with van der Waals surface area (Å²) in [6, 6.07) is 7.54. The third-order valence-corrected chi connectivity index (χ3v) is 2.69. The number of nitro groups is 1. The maximum absolute atomic E-state index is 11.3. The molecule has 0 aliphatic heterocycles. The van der Waals surface area contributed by atoms with E-state index in [9.17, 15) is 10.1 Å². The van der Waals surface area contributed by atoms with Crippen LogP contribution in [0.3, 0.4) is 0 Å². The van der Waals surface area contributed by atoms with E-state index < -0.39 is 4.92 Å². The van der Waals surface area contributed by atoms with Gasteiger partial charge in [-0.1, -0.05) is 12.1 Å². The molecule has 2 rings (SSSR count). The summed E-state index contributed by atoms with van der Waals surface area (Å²) >= 11 is 0. The molecule has 0 bridgehead atoms. The summed E-state index contributed by atoms with van der Waals surface area (Å²) in [5.74, 6) is 0.444. The Balaban J connectivity index is 2.46. The predicted octanol–water partition coefficient (Wildman–Crippen LogP) is 2.50. The Morgan fingerprint density at radius 3 is 2.65 bits per heavy atom. The number of aryl methyl sites for hydroxylation is 1. The molecule has 0 saturated heterocycles. The Hall–Kier alpha value is -2.70. The van der Waals surface area contributed by atoms with Crippen LogP contribution in [0.1, 0.15) is 5.56 Å². The maximum atomic E-state index is 11.3. The minimum atomic E-state index is -0.479. The highest BCUT2D eigenvalue weighted by molar-refractivity contribution is 5.74. The number of aromatic nitrogens is 2. The van der Waals surface area contributed by atoms with E-state index in [0.717, 1.165) is 11.3 Å². The average Bonchev–Trinajstić information content (AvgIpc) is 2.38.